The second-order valence-corrected chi connectivity index (χ2v) is 3.09. The number of benzene rings is 1. The van der Waals surface area contributed by atoms with Gasteiger partial charge in [-0.25, -0.2) is 4.79 Å². The molecule has 0 amide bonds. The van der Waals surface area contributed by atoms with Crippen LogP contribution in [-0.2, 0) is 11.2 Å². The lowest BCUT2D eigenvalue weighted by Crippen LogP contribution is -2.15. The van der Waals surface area contributed by atoms with Crippen LogP contribution in [0.25, 0.3) is 0 Å². The molecule has 74 valence electrons. The Kier molecular flexibility index (Phi) is 3.02. The third-order valence-electron chi connectivity index (χ3n) is 2.20. The van der Waals surface area contributed by atoms with E-state index in [0.29, 0.717) is 12.0 Å². The Bertz CT molecular complexity index is 380. The molecule has 0 bridgehead atoms. The molecule has 1 aromatic carbocycles. The monoisotopic (exact) mass is 192 g/mol. The highest BCUT2D eigenvalue weighted by Gasteiger charge is 2.18. The molecule has 14 heavy (non-hydrogen) atoms. The van der Waals surface area contributed by atoms with E-state index in [1.807, 2.05) is 19.9 Å². The average Bonchev–Trinajstić information content (AvgIpc) is 2.16. The van der Waals surface area contributed by atoms with Gasteiger partial charge in [0.25, 0.3) is 5.78 Å². The van der Waals surface area contributed by atoms with E-state index in [1.165, 1.54) is 0 Å². The zero-order valence-corrected chi connectivity index (χ0v) is 8.20. The van der Waals surface area contributed by atoms with E-state index in [2.05, 4.69) is 0 Å². The van der Waals surface area contributed by atoms with Crippen LogP contribution >= 0.6 is 0 Å². The first kappa shape index (κ1) is 10.4. The Morgan fingerprint density at radius 1 is 1.36 bits per heavy atom. The number of aliphatic carboxylic acids is 1. The molecule has 0 radical (unpaired) electrons. The third kappa shape index (κ3) is 1.82. The zero-order valence-electron chi connectivity index (χ0n) is 8.20. The lowest BCUT2D eigenvalue weighted by molar-refractivity contribution is -0.131. The maximum Gasteiger partial charge on any atom is 0.377 e. The molecule has 0 atom stereocenters. The minimum absolute atomic E-state index is 0.306. The lowest BCUT2D eigenvalue weighted by atomic mass is 9.97. The molecule has 0 saturated carbocycles. The van der Waals surface area contributed by atoms with E-state index in [-0.39, 0.29) is 0 Å². The molecule has 1 rings (SSSR count). The van der Waals surface area contributed by atoms with Crippen molar-refractivity contribution in [2.45, 2.75) is 20.3 Å². The van der Waals surface area contributed by atoms with Gasteiger partial charge in [-0.3, -0.25) is 4.79 Å². The maximum atomic E-state index is 11.3. The van der Waals surface area contributed by atoms with E-state index < -0.39 is 11.8 Å². The van der Waals surface area contributed by atoms with E-state index in [4.69, 9.17) is 5.11 Å². The molecule has 0 aliphatic carbocycles. The first-order chi connectivity index (χ1) is 6.57. The van der Waals surface area contributed by atoms with E-state index in [0.717, 1.165) is 11.1 Å². The fourth-order valence-corrected chi connectivity index (χ4v) is 1.50. The summed E-state index contributed by atoms with van der Waals surface area (Å²) in [5.41, 5.74) is 2.08. The van der Waals surface area contributed by atoms with Crippen LogP contribution in [0.3, 0.4) is 0 Å². The maximum absolute atomic E-state index is 11.3. The standard InChI is InChI=1S/C11H12O3/c1-3-8-7(2)5-4-6-9(8)10(12)11(13)14/h4-6H,3H2,1-2H3,(H,13,14). The van der Waals surface area contributed by atoms with Gasteiger partial charge in [0, 0.05) is 5.56 Å². The SMILES string of the molecule is CCc1c(C)cccc1C(=O)C(=O)O. The number of hydrogen-bond acceptors (Lipinski definition) is 2. The number of carboxylic acid groups (broad SMARTS) is 1. The van der Waals surface area contributed by atoms with Crippen LogP contribution < -0.4 is 0 Å². The Labute approximate surface area is 82.4 Å². The second kappa shape index (κ2) is 4.05. The Morgan fingerprint density at radius 3 is 2.50 bits per heavy atom. The molecule has 3 heteroatoms. The molecule has 0 spiro atoms. The fourth-order valence-electron chi connectivity index (χ4n) is 1.50. The van der Waals surface area contributed by atoms with Crippen molar-refractivity contribution >= 4 is 11.8 Å². The molecule has 0 aliphatic heterocycles. The number of carbonyl (C=O) groups excluding carboxylic acids is 1. The van der Waals surface area contributed by atoms with Crippen LogP contribution in [0.15, 0.2) is 18.2 Å². The first-order valence-corrected chi connectivity index (χ1v) is 4.44. The van der Waals surface area contributed by atoms with Crippen LogP contribution in [0.1, 0.15) is 28.4 Å². The summed E-state index contributed by atoms with van der Waals surface area (Å²) >= 11 is 0. The van der Waals surface area contributed by atoms with Gasteiger partial charge in [0.1, 0.15) is 0 Å². The van der Waals surface area contributed by atoms with Gasteiger partial charge in [-0.1, -0.05) is 25.1 Å². The summed E-state index contributed by atoms with van der Waals surface area (Å²) in [7, 11) is 0. The first-order valence-electron chi connectivity index (χ1n) is 4.44. The number of hydrogen-bond donors (Lipinski definition) is 1. The number of Topliss-reactive ketones (excluding diaryl/α,β-unsaturated/α-hetero) is 1. The summed E-state index contributed by atoms with van der Waals surface area (Å²) in [5.74, 6) is -2.23. The highest BCUT2D eigenvalue weighted by molar-refractivity contribution is 6.40. The molecule has 0 saturated heterocycles. The number of carboxylic acids is 1. The van der Waals surface area contributed by atoms with Gasteiger partial charge >= 0.3 is 5.97 Å². The van der Waals surface area contributed by atoms with Crippen molar-refractivity contribution < 1.29 is 14.7 Å². The van der Waals surface area contributed by atoms with Gasteiger partial charge in [0.15, 0.2) is 0 Å². The molecule has 0 aliphatic rings. The highest BCUT2D eigenvalue weighted by atomic mass is 16.4. The van der Waals surface area contributed by atoms with Crippen LogP contribution in [-0.4, -0.2) is 16.9 Å². The van der Waals surface area contributed by atoms with Crippen molar-refractivity contribution in [1.82, 2.24) is 0 Å². The van der Waals surface area contributed by atoms with Gasteiger partial charge < -0.3 is 5.11 Å². The molecule has 0 heterocycles. The van der Waals surface area contributed by atoms with Crippen molar-refractivity contribution in [3.05, 3.63) is 34.9 Å². The van der Waals surface area contributed by atoms with Crippen LogP contribution in [0, 0.1) is 6.92 Å². The number of rotatable bonds is 3. The van der Waals surface area contributed by atoms with Crippen molar-refractivity contribution in [2.24, 2.45) is 0 Å². The summed E-state index contributed by atoms with van der Waals surface area (Å²) in [4.78, 5) is 21.8. The quantitative estimate of drug-likeness (QED) is 0.587. The lowest BCUT2D eigenvalue weighted by Gasteiger charge is -2.07. The van der Waals surface area contributed by atoms with Crippen molar-refractivity contribution in [1.29, 1.82) is 0 Å². The number of aryl methyl sites for hydroxylation is 1. The van der Waals surface area contributed by atoms with Gasteiger partial charge in [-0.2, -0.15) is 0 Å². The molecule has 0 fully saturated rings. The number of ketones is 1. The Balaban J connectivity index is 3.27. The molecule has 3 nitrogen and oxygen atoms in total. The smallest absolute Gasteiger partial charge is 0.377 e. The van der Waals surface area contributed by atoms with Crippen LogP contribution in [0.5, 0.6) is 0 Å². The van der Waals surface area contributed by atoms with E-state index in [9.17, 15) is 9.59 Å². The van der Waals surface area contributed by atoms with Gasteiger partial charge in [-0.05, 0) is 24.5 Å². The van der Waals surface area contributed by atoms with Gasteiger partial charge in [0.05, 0.1) is 0 Å². The van der Waals surface area contributed by atoms with Gasteiger partial charge in [-0.15, -0.1) is 0 Å². The molecule has 0 unspecified atom stereocenters. The van der Waals surface area contributed by atoms with Crippen molar-refractivity contribution in [2.75, 3.05) is 0 Å². The number of carbonyl (C=O) groups is 2. The van der Waals surface area contributed by atoms with Crippen LogP contribution in [0.4, 0.5) is 0 Å². The van der Waals surface area contributed by atoms with Gasteiger partial charge in [0.2, 0.25) is 0 Å². The molecule has 1 aromatic rings. The van der Waals surface area contributed by atoms with E-state index in [1.54, 1.807) is 12.1 Å². The van der Waals surface area contributed by atoms with E-state index >= 15 is 0 Å². The van der Waals surface area contributed by atoms with Crippen LogP contribution in [0.2, 0.25) is 0 Å². The fraction of sp³-hybridized carbons (Fsp3) is 0.273. The topological polar surface area (TPSA) is 54.4 Å². The largest absolute Gasteiger partial charge is 0.475 e. The summed E-state index contributed by atoms with van der Waals surface area (Å²) in [6.45, 7) is 3.78. The highest BCUT2D eigenvalue weighted by Crippen LogP contribution is 2.15. The predicted octanol–water partition coefficient (Wildman–Crippen LogP) is 1.82. The average molecular weight is 192 g/mol. The molecular formula is C11H12O3. The summed E-state index contributed by atoms with van der Waals surface area (Å²) in [6.07, 6.45) is 0.668. The molecule has 1 N–H and O–H groups in total. The third-order valence-corrected chi connectivity index (χ3v) is 2.20. The second-order valence-electron chi connectivity index (χ2n) is 3.09. The van der Waals surface area contributed by atoms with Crippen molar-refractivity contribution in [3.8, 4) is 0 Å². The summed E-state index contributed by atoms with van der Waals surface area (Å²) in [5, 5.41) is 8.60. The normalized spacial score (nSPS) is 9.86. The summed E-state index contributed by atoms with van der Waals surface area (Å²) in [6, 6.07) is 5.13. The minimum Gasteiger partial charge on any atom is -0.475 e. The predicted molar refractivity (Wildman–Crippen MR) is 52.5 cm³/mol. The summed E-state index contributed by atoms with van der Waals surface area (Å²) < 4.78 is 0. The molecule has 0 aromatic heterocycles. The zero-order chi connectivity index (χ0) is 10.7. The van der Waals surface area contributed by atoms with Crippen molar-refractivity contribution in [3.63, 3.8) is 0 Å². The minimum atomic E-state index is -1.40. The Morgan fingerprint density at radius 2 is 2.00 bits per heavy atom. The Hall–Kier alpha value is -1.64. The molecular weight excluding hydrogens is 180 g/mol.